The molecule has 33 heavy (non-hydrogen) atoms. The van der Waals surface area contributed by atoms with Gasteiger partial charge >= 0.3 is 12.0 Å². The summed E-state index contributed by atoms with van der Waals surface area (Å²) in [5.41, 5.74) is 0.310. The Labute approximate surface area is 189 Å². The summed E-state index contributed by atoms with van der Waals surface area (Å²) < 4.78 is 20.8. The summed E-state index contributed by atoms with van der Waals surface area (Å²) in [6.07, 6.45) is 0. The smallest absolute Gasteiger partial charge is 0.338 e. The highest BCUT2D eigenvalue weighted by Crippen LogP contribution is 2.41. The van der Waals surface area contributed by atoms with Crippen LogP contribution in [0, 0.1) is 10.1 Å². The van der Waals surface area contributed by atoms with Gasteiger partial charge in [-0.15, -0.1) is 0 Å². The second-order valence-corrected chi connectivity index (χ2v) is 6.79. The lowest BCUT2D eigenvalue weighted by Crippen LogP contribution is -2.45. The van der Waals surface area contributed by atoms with Crippen LogP contribution < -0.4 is 24.8 Å². The number of amides is 2. The number of esters is 1. The summed E-state index contributed by atoms with van der Waals surface area (Å²) in [5, 5.41) is 17.1. The first kappa shape index (κ1) is 23.4. The molecule has 1 heterocycles. The third-order valence-corrected chi connectivity index (χ3v) is 4.99. The molecule has 2 aromatic rings. The zero-order valence-electron chi connectivity index (χ0n) is 18.5. The second kappa shape index (κ2) is 9.90. The Morgan fingerprint density at radius 3 is 2.24 bits per heavy atom. The number of nitro groups is 1. The predicted molar refractivity (Wildman–Crippen MR) is 117 cm³/mol. The SMILES string of the molecule is CCOC(=O)C1=C(c2ccc(OC)cc2)NC(=O)NC1c1cc(OC)c(OC)cc1[N+](=O)[O-]. The van der Waals surface area contributed by atoms with Crippen LogP contribution in [0.1, 0.15) is 24.1 Å². The minimum Gasteiger partial charge on any atom is -0.497 e. The quantitative estimate of drug-likeness (QED) is 0.351. The number of methoxy groups -OCH3 is 3. The van der Waals surface area contributed by atoms with Crippen LogP contribution in [0.15, 0.2) is 42.0 Å². The van der Waals surface area contributed by atoms with Gasteiger partial charge in [-0.05, 0) is 42.8 Å². The van der Waals surface area contributed by atoms with Crippen molar-refractivity contribution >= 4 is 23.4 Å². The Kier molecular flexibility index (Phi) is 7.01. The average molecular weight is 457 g/mol. The van der Waals surface area contributed by atoms with E-state index in [2.05, 4.69) is 10.6 Å². The summed E-state index contributed by atoms with van der Waals surface area (Å²) in [7, 11) is 4.23. The molecule has 0 radical (unpaired) electrons. The van der Waals surface area contributed by atoms with Crippen molar-refractivity contribution < 1.29 is 33.5 Å². The molecule has 1 aliphatic heterocycles. The highest BCUT2D eigenvalue weighted by Gasteiger charge is 2.38. The highest BCUT2D eigenvalue weighted by atomic mass is 16.6. The van der Waals surface area contributed by atoms with Crippen LogP contribution in [0.4, 0.5) is 10.5 Å². The van der Waals surface area contributed by atoms with Gasteiger partial charge < -0.3 is 29.6 Å². The van der Waals surface area contributed by atoms with Crippen LogP contribution in [0.25, 0.3) is 5.70 Å². The van der Waals surface area contributed by atoms with Gasteiger partial charge in [-0.1, -0.05) is 0 Å². The maximum absolute atomic E-state index is 13.0. The number of carbonyl (C=O) groups excluding carboxylic acids is 2. The molecule has 0 spiro atoms. The number of benzene rings is 2. The van der Waals surface area contributed by atoms with Crippen LogP contribution >= 0.6 is 0 Å². The standard InChI is InChI=1S/C22H23N3O8/c1-5-33-21(26)18-19(12-6-8-13(30-2)9-7-12)23-22(27)24-20(18)14-10-16(31-3)17(32-4)11-15(14)25(28)29/h6-11,20H,5H2,1-4H3,(H2,23,24,27). The Hall–Kier alpha value is -4.28. The lowest BCUT2D eigenvalue weighted by Gasteiger charge is -2.29. The molecule has 174 valence electrons. The third kappa shape index (κ3) is 4.66. The Morgan fingerprint density at radius 1 is 1.06 bits per heavy atom. The van der Waals surface area contributed by atoms with Crippen molar-refractivity contribution in [1.82, 2.24) is 10.6 Å². The summed E-state index contributed by atoms with van der Waals surface area (Å²) in [4.78, 5) is 36.9. The van der Waals surface area contributed by atoms with Gasteiger partial charge in [0.25, 0.3) is 5.69 Å². The van der Waals surface area contributed by atoms with Crippen molar-refractivity contribution in [2.75, 3.05) is 27.9 Å². The molecule has 3 rings (SSSR count). The van der Waals surface area contributed by atoms with E-state index >= 15 is 0 Å². The number of carbonyl (C=O) groups is 2. The number of nitrogens with one attached hydrogen (secondary N) is 2. The van der Waals surface area contributed by atoms with Crippen molar-refractivity contribution in [3.8, 4) is 17.2 Å². The van der Waals surface area contributed by atoms with Crippen molar-refractivity contribution in [2.45, 2.75) is 13.0 Å². The first-order valence-corrected chi connectivity index (χ1v) is 9.88. The number of rotatable bonds is 8. The lowest BCUT2D eigenvalue weighted by atomic mass is 9.91. The average Bonchev–Trinajstić information content (AvgIpc) is 2.82. The molecule has 0 saturated heterocycles. The van der Waals surface area contributed by atoms with E-state index in [4.69, 9.17) is 18.9 Å². The van der Waals surface area contributed by atoms with Crippen LogP contribution in [-0.4, -0.2) is 44.9 Å². The number of hydrogen-bond acceptors (Lipinski definition) is 8. The predicted octanol–water partition coefficient (Wildman–Crippen LogP) is 2.95. The number of urea groups is 1. The number of ether oxygens (including phenoxy) is 4. The summed E-state index contributed by atoms with van der Waals surface area (Å²) in [6, 6.07) is 7.31. The lowest BCUT2D eigenvalue weighted by molar-refractivity contribution is -0.385. The minimum absolute atomic E-state index is 0.00284. The van der Waals surface area contributed by atoms with Crippen LogP contribution in [0.3, 0.4) is 0 Å². The summed E-state index contributed by atoms with van der Waals surface area (Å²) in [6.45, 7) is 1.70. The van der Waals surface area contributed by atoms with Gasteiger partial charge in [0.2, 0.25) is 0 Å². The van der Waals surface area contributed by atoms with Gasteiger partial charge in [-0.25, -0.2) is 9.59 Å². The minimum atomic E-state index is -1.20. The van der Waals surface area contributed by atoms with E-state index in [0.29, 0.717) is 11.3 Å². The van der Waals surface area contributed by atoms with Gasteiger partial charge in [-0.2, -0.15) is 0 Å². The largest absolute Gasteiger partial charge is 0.497 e. The molecule has 11 nitrogen and oxygen atoms in total. The zero-order valence-corrected chi connectivity index (χ0v) is 18.5. The molecule has 0 bridgehead atoms. The first-order valence-electron chi connectivity index (χ1n) is 9.88. The van der Waals surface area contributed by atoms with E-state index in [1.807, 2.05) is 0 Å². The molecule has 0 aliphatic carbocycles. The van der Waals surface area contributed by atoms with E-state index in [1.54, 1.807) is 31.2 Å². The van der Waals surface area contributed by atoms with Crippen molar-refractivity contribution in [3.05, 3.63) is 63.2 Å². The monoisotopic (exact) mass is 457 g/mol. The molecule has 2 aromatic carbocycles. The molecule has 0 saturated carbocycles. The van der Waals surface area contributed by atoms with Gasteiger partial charge in [0.1, 0.15) is 5.75 Å². The van der Waals surface area contributed by atoms with Gasteiger partial charge in [0.05, 0.1) is 61.8 Å². The van der Waals surface area contributed by atoms with Crippen molar-refractivity contribution in [1.29, 1.82) is 0 Å². The number of nitro benzene ring substituents is 1. The van der Waals surface area contributed by atoms with E-state index < -0.39 is 23.0 Å². The Balaban J connectivity index is 2.29. The van der Waals surface area contributed by atoms with Crippen LogP contribution in [0.2, 0.25) is 0 Å². The molecule has 1 aliphatic rings. The summed E-state index contributed by atoms with van der Waals surface area (Å²) in [5.74, 6) is 0.152. The molecule has 11 heteroatoms. The number of hydrogen-bond donors (Lipinski definition) is 2. The molecular formula is C22H23N3O8. The molecule has 0 aromatic heterocycles. The maximum Gasteiger partial charge on any atom is 0.338 e. The molecule has 2 amide bonds. The van der Waals surface area contributed by atoms with Gasteiger partial charge in [0, 0.05) is 0 Å². The maximum atomic E-state index is 13.0. The molecule has 1 atom stereocenters. The van der Waals surface area contributed by atoms with Crippen LogP contribution in [-0.2, 0) is 9.53 Å². The molecule has 0 fully saturated rings. The molecule has 2 N–H and O–H groups in total. The van der Waals surface area contributed by atoms with Crippen LogP contribution in [0.5, 0.6) is 17.2 Å². The fraction of sp³-hybridized carbons (Fsp3) is 0.273. The van der Waals surface area contributed by atoms with E-state index in [9.17, 15) is 19.7 Å². The number of nitrogens with zero attached hydrogens (tertiary/aromatic N) is 1. The second-order valence-electron chi connectivity index (χ2n) is 6.79. The van der Waals surface area contributed by atoms with E-state index in [1.165, 1.54) is 33.5 Å². The molecule has 1 unspecified atom stereocenters. The fourth-order valence-corrected chi connectivity index (χ4v) is 3.49. The first-order chi connectivity index (χ1) is 15.8. The Morgan fingerprint density at radius 2 is 1.70 bits per heavy atom. The molecular weight excluding hydrogens is 434 g/mol. The van der Waals surface area contributed by atoms with Gasteiger partial charge in [-0.3, -0.25) is 10.1 Å². The van der Waals surface area contributed by atoms with Crippen molar-refractivity contribution in [3.63, 3.8) is 0 Å². The topological polar surface area (TPSA) is 138 Å². The third-order valence-electron chi connectivity index (χ3n) is 4.99. The fourth-order valence-electron chi connectivity index (χ4n) is 3.49. The van der Waals surface area contributed by atoms with Gasteiger partial charge in [0.15, 0.2) is 11.5 Å². The highest BCUT2D eigenvalue weighted by molar-refractivity contribution is 6.04. The normalized spacial score (nSPS) is 15.3. The summed E-state index contributed by atoms with van der Waals surface area (Å²) >= 11 is 0. The Bertz CT molecular complexity index is 1110. The zero-order chi connectivity index (χ0) is 24.1. The van der Waals surface area contributed by atoms with E-state index in [-0.39, 0.29) is 40.6 Å². The van der Waals surface area contributed by atoms with E-state index in [0.717, 1.165) is 0 Å². The van der Waals surface area contributed by atoms with Crippen molar-refractivity contribution in [2.24, 2.45) is 0 Å².